The van der Waals surface area contributed by atoms with Gasteiger partial charge in [0, 0.05) is 12.0 Å². The third kappa shape index (κ3) is 2.06. The molecule has 0 spiro atoms. The van der Waals surface area contributed by atoms with Gasteiger partial charge in [-0.05, 0) is 80.6 Å². The van der Waals surface area contributed by atoms with Crippen LogP contribution in [-0.2, 0) is 4.79 Å². The molecule has 4 aliphatic rings. The summed E-state index contributed by atoms with van der Waals surface area (Å²) >= 11 is 0. The largest absolute Gasteiger partial charge is 0.506 e. The van der Waals surface area contributed by atoms with Crippen LogP contribution < -0.4 is 5.32 Å². The SMILES string of the molecule is CC12CCC3C(CCC4=C(O)C(=NO)CCC43C)C1CCC(=O)N2. The normalized spacial score (nSPS) is 46.8. The fourth-order valence-electron chi connectivity index (χ4n) is 6.47. The maximum Gasteiger partial charge on any atom is 0.220 e. The average Bonchev–Trinajstić information content (AvgIpc) is 2.53. The zero-order chi connectivity index (χ0) is 17.1. The highest BCUT2D eigenvalue weighted by atomic mass is 16.4. The van der Waals surface area contributed by atoms with Crippen molar-refractivity contribution >= 4 is 11.6 Å². The molecule has 2 saturated carbocycles. The zero-order valence-electron chi connectivity index (χ0n) is 14.6. The maximum atomic E-state index is 11.9. The van der Waals surface area contributed by atoms with Gasteiger partial charge in [0.15, 0.2) is 0 Å². The lowest BCUT2D eigenvalue weighted by Gasteiger charge is -2.60. The van der Waals surface area contributed by atoms with Crippen LogP contribution in [0.25, 0.3) is 0 Å². The first-order valence-corrected chi connectivity index (χ1v) is 9.34. The van der Waals surface area contributed by atoms with Crippen LogP contribution in [0.3, 0.4) is 0 Å². The number of aliphatic hydroxyl groups excluding tert-OH is 1. The molecule has 1 aliphatic heterocycles. The Kier molecular flexibility index (Phi) is 3.49. The van der Waals surface area contributed by atoms with Crippen LogP contribution in [0.5, 0.6) is 0 Å². The summed E-state index contributed by atoms with van der Waals surface area (Å²) < 4.78 is 0. The lowest BCUT2D eigenvalue weighted by atomic mass is 9.47. The summed E-state index contributed by atoms with van der Waals surface area (Å²) in [5.74, 6) is 2.15. The third-order valence-corrected chi connectivity index (χ3v) is 7.73. The number of carbonyl (C=O) groups excluding carboxylic acids is 1. The fourth-order valence-corrected chi connectivity index (χ4v) is 6.47. The van der Waals surface area contributed by atoms with Gasteiger partial charge in [-0.2, -0.15) is 0 Å². The van der Waals surface area contributed by atoms with Crippen LogP contribution in [0.15, 0.2) is 16.5 Å². The average molecular weight is 332 g/mol. The molecule has 5 heteroatoms. The van der Waals surface area contributed by atoms with Crippen molar-refractivity contribution in [1.29, 1.82) is 0 Å². The van der Waals surface area contributed by atoms with Crippen molar-refractivity contribution in [3.05, 3.63) is 11.3 Å². The van der Waals surface area contributed by atoms with E-state index < -0.39 is 0 Å². The van der Waals surface area contributed by atoms with Crippen molar-refractivity contribution in [3.8, 4) is 0 Å². The van der Waals surface area contributed by atoms with E-state index in [9.17, 15) is 9.90 Å². The molecule has 3 N–H and O–H groups in total. The van der Waals surface area contributed by atoms with Crippen molar-refractivity contribution in [2.24, 2.45) is 28.3 Å². The van der Waals surface area contributed by atoms with Crippen molar-refractivity contribution in [3.63, 3.8) is 0 Å². The number of allylic oxidation sites excluding steroid dienone is 2. The van der Waals surface area contributed by atoms with Crippen LogP contribution in [0.1, 0.15) is 65.2 Å². The van der Waals surface area contributed by atoms with E-state index >= 15 is 0 Å². The highest BCUT2D eigenvalue weighted by Gasteiger charge is 2.57. The molecule has 0 bridgehead atoms. The molecular formula is C19H28N2O3. The first-order chi connectivity index (χ1) is 11.4. The van der Waals surface area contributed by atoms with E-state index in [2.05, 4.69) is 24.3 Å². The zero-order valence-corrected chi connectivity index (χ0v) is 14.6. The van der Waals surface area contributed by atoms with E-state index in [1.165, 1.54) is 0 Å². The van der Waals surface area contributed by atoms with E-state index in [4.69, 9.17) is 5.21 Å². The quantitative estimate of drug-likeness (QED) is 0.469. The van der Waals surface area contributed by atoms with E-state index in [0.29, 0.717) is 36.3 Å². The minimum absolute atomic E-state index is 0.00394. The van der Waals surface area contributed by atoms with Gasteiger partial charge < -0.3 is 15.6 Å². The van der Waals surface area contributed by atoms with E-state index in [0.717, 1.165) is 44.1 Å². The number of rotatable bonds is 0. The summed E-state index contributed by atoms with van der Waals surface area (Å²) in [5, 5.41) is 26.3. The number of aliphatic hydroxyl groups is 1. The van der Waals surface area contributed by atoms with Gasteiger partial charge in [-0.15, -0.1) is 0 Å². The molecule has 4 rings (SSSR count). The second-order valence-corrected chi connectivity index (χ2v) is 8.75. The Balaban J connectivity index is 1.69. The molecule has 1 amide bonds. The molecule has 5 nitrogen and oxygen atoms in total. The number of nitrogens with zero attached hydrogens (tertiary/aromatic N) is 1. The molecule has 0 aromatic rings. The van der Waals surface area contributed by atoms with Crippen molar-refractivity contribution < 1.29 is 15.1 Å². The number of oxime groups is 1. The number of hydrogen-bond donors (Lipinski definition) is 3. The van der Waals surface area contributed by atoms with E-state index in [1.807, 2.05) is 0 Å². The lowest BCUT2D eigenvalue weighted by Crippen LogP contribution is -2.62. The van der Waals surface area contributed by atoms with E-state index in [-0.39, 0.29) is 22.6 Å². The summed E-state index contributed by atoms with van der Waals surface area (Å²) in [6, 6.07) is 0. The number of piperidine rings is 1. The molecule has 3 aliphatic carbocycles. The number of amides is 1. The standard InChI is InChI=1S/C19H28N2O3/c1-18-9-8-15(21-24)17(23)14(18)4-3-11-12(18)7-10-19(2)13(11)5-6-16(22)20-19/h11-13,23-24H,3-10H2,1-2H3,(H,20,22). The summed E-state index contributed by atoms with van der Waals surface area (Å²) in [4.78, 5) is 11.9. The second-order valence-electron chi connectivity index (χ2n) is 8.75. The first-order valence-electron chi connectivity index (χ1n) is 9.34. The van der Waals surface area contributed by atoms with Gasteiger partial charge in [-0.1, -0.05) is 12.1 Å². The van der Waals surface area contributed by atoms with Crippen LogP contribution in [0.2, 0.25) is 0 Å². The van der Waals surface area contributed by atoms with Crippen LogP contribution >= 0.6 is 0 Å². The fraction of sp³-hybridized carbons (Fsp3) is 0.789. The topological polar surface area (TPSA) is 81.9 Å². The van der Waals surface area contributed by atoms with Gasteiger partial charge in [-0.25, -0.2) is 0 Å². The van der Waals surface area contributed by atoms with Crippen LogP contribution in [0, 0.1) is 23.2 Å². The first kappa shape index (κ1) is 16.0. The number of hydrogen-bond acceptors (Lipinski definition) is 4. The summed E-state index contributed by atoms with van der Waals surface area (Å²) in [6.45, 7) is 4.53. The van der Waals surface area contributed by atoms with Gasteiger partial charge in [0.2, 0.25) is 5.91 Å². The van der Waals surface area contributed by atoms with Crippen molar-refractivity contribution in [2.45, 2.75) is 70.8 Å². The monoisotopic (exact) mass is 332 g/mol. The summed E-state index contributed by atoms with van der Waals surface area (Å²) in [6.07, 6.45) is 7.29. The van der Waals surface area contributed by atoms with Gasteiger partial charge in [-0.3, -0.25) is 4.79 Å². The maximum absolute atomic E-state index is 11.9. The van der Waals surface area contributed by atoms with Gasteiger partial charge in [0.1, 0.15) is 11.5 Å². The Bertz CT molecular complexity index is 641. The molecule has 5 atom stereocenters. The summed E-state index contributed by atoms with van der Waals surface area (Å²) in [7, 11) is 0. The number of carbonyl (C=O) groups is 1. The van der Waals surface area contributed by atoms with Crippen LogP contribution in [-0.4, -0.2) is 27.5 Å². The molecule has 0 aromatic heterocycles. The Labute approximate surface area is 143 Å². The predicted octanol–water partition coefficient (Wildman–Crippen LogP) is 3.53. The molecule has 132 valence electrons. The molecule has 3 fully saturated rings. The van der Waals surface area contributed by atoms with Crippen molar-refractivity contribution in [1.82, 2.24) is 5.32 Å². The summed E-state index contributed by atoms with van der Waals surface area (Å²) in [5.41, 5.74) is 1.50. The van der Waals surface area contributed by atoms with Crippen LogP contribution in [0.4, 0.5) is 0 Å². The third-order valence-electron chi connectivity index (χ3n) is 7.73. The Hall–Kier alpha value is -1.52. The molecule has 0 aromatic carbocycles. The molecule has 1 saturated heterocycles. The van der Waals surface area contributed by atoms with Crippen molar-refractivity contribution in [2.75, 3.05) is 0 Å². The Morgan fingerprint density at radius 2 is 1.88 bits per heavy atom. The molecule has 24 heavy (non-hydrogen) atoms. The minimum Gasteiger partial charge on any atom is -0.506 e. The highest BCUT2D eigenvalue weighted by molar-refractivity contribution is 5.99. The minimum atomic E-state index is -0.0531. The van der Waals surface area contributed by atoms with Gasteiger partial charge in [0.05, 0.1) is 0 Å². The number of nitrogens with one attached hydrogen (secondary N) is 1. The molecule has 0 radical (unpaired) electrons. The molecule has 5 unspecified atom stereocenters. The smallest absolute Gasteiger partial charge is 0.220 e. The van der Waals surface area contributed by atoms with E-state index in [1.54, 1.807) is 0 Å². The Morgan fingerprint density at radius 1 is 1.08 bits per heavy atom. The Morgan fingerprint density at radius 3 is 2.62 bits per heavy atom. The second kappa shape index (κ2) is 5.24. The lowest BCUT2D eigenvalue weighted by molar-refractivity contribution is -0.132. The predicted molar refractivity (Wildman–Crippen MR) is 90.9 cm³/mol. The van der Waals surface area contributed by atoms with Gasteiger partial charge in [0.25, 0.3) is 0 Å². The number of fused-ring (bicyclic) bond motifs is 5. The van der Waals surface area contributed by atoms with Gasteiger partial charge >= 0.3 is 0 Å². The highest BCUT2D eigenvalue weighted by Crippen LogP contribution is 2.61. The molecular weight excluding hydrogens is 304 g/mol. The molecule has 1 heterocycles.